The quantitative estimate of drug-likeness (QED) is 0.392. The number of hydrogen-bond acceptors (Lipinski definition) is 9. The van der Waals surface area contributed by atoms with E-state index in [0.717, 1.165) is 6.42 Å². The number of anilines is 1. The van der Waals surface area contributed by atoms with E-state index in [-0.39, 0.29) is 41.0 Å². The van der Waals surface area contributed by atoms with Gasteiger partial charge in [-0.05, 0) is 31.1 Å². The number of nitrogens with zero attached hydrogens (tertiary/aromatic N) is 5. The van der Waals surface area contributed by atoms with Gasteiger partial charge in [0, 0.05) is 67.1 Å². The van der Waals surface area contributed by atoms with Gasteiger partial charge < -0.3 is 4.90 Å². The van der Waals surface area contributed by atoms with Crippen molar-refractivity contribution in [3.05, 3.63) is 45.8 Å². The lowest BCUT2D eigenvalue weighted by molar-refractivity contribution is -0.385. The van der Waals surface area contributed by atoms with Crippen molar-refractivity contribution in [2.75, 3.05) is 30.3 Å². The van der Waals surface area contributed by atoms with Crippen LogP contribution in [-0.4, -0.2) is 64.2 Å². The third kappa shape index (κ3) is 4.03. The Labute approximate surface area is 215 Å². The van der Waals surface area contributed by atoms with Gasteiger partial charge in [0.05, 0.1) is 10.7 Å². The van der Waals surface area contributed by atoms with Crippen molar-refractivity contribution < 1.29 is 18.1 Å². The fourth-order valence-electron chi connectivity index (χ4n) is 6.41. The molecule has 2 saturated carbocycles. The normalized spacial score (nSPS) is 28.1. The molecule has 0 radical (unpaired) electrons. The van der Waals surface area contributed by atoms with Gasteiger partial charge >= 0.3 is 0 Å². The summed E-state index contributed by atoms with van der Waals surface area (Å²) in [6, 6.07) is 6.43. The molecular formula is C24H31N5O5S2. The van der Waals surface area contributed by atoms with E-state index in [1.54, 1.807) is 18.2 Å². The smallest absolute Gasteiger partial charge is 0.273 e. The molecule has 1 aromatic heterocycles. The first-order chi connectivity index (χ1) is 16.9. The Bertz CT molecular complexity index is 1310. The van der Waals surface area contributed by atoms with Crippen LogP contribution in [0.3, 0.4) is 0 Å². The van der Waals surface area contributed by atoms with Gasteiger partial charge in [-0.15, -0.1) is 0 Å². The van der Waals surface area contributed by atoms with E-state index in [1.807, 2.05) is 11.8 Å². The fourth-order valence-corrected chi connectivity index (χ4v) is 9.51. The Kier molecular flexibility index (Phi) is 6.19. The predicted molar refractivity (Wildman–Crippen MR) is 137 cm³/mol. The van der Waals surface area contributed by atoms with Gasteiger partial charge in [-0.2, -0.15) is 8.68 Å². The van der Waals surface area contributed by atoms with Crippen LogP contribution < -0.4 is 4.90 Å². The van der Waals surface area contributed by atoms with Crippen molar-refractivity contribution in [2.24, 2.45) is 16.7 Å². The van der Waals surface area contributed by atoms with E-state index in [4.69, 9.17) is 0 Å². The topological polar surface area (TPSA) is 127 Å². The van der Waals surface area contributed by atoms with Crippen molar-refractivity contribution >= 4 is 38.2 Å². The average Bonchev–Trinajstić information content (AvgIpc) is 3.42. The molecule has 0 spiro atoms. The summed E-state index contributed by atoms with van der Waals surface area (Å²) in [6.07, 6.45) is 2.33. The Morgan fingerprint density at radius 3 is 2.64 bits per heavy atom. The number of nitro groups is 1. The minimum absolute atomic E-state index is 0.0398. The van der Waals surface area contributed by atoms with Crippen molar-refractivity contribution in [2.45, 2.75) is 52.5 Å². The number of carbonyl (C=O) groups is 1. The van der Waals surface area contributed by atoms with Crippen LogP contribution in [0.25, 0.3) is 0 Å². The first-order valence-corrected chi connectivity index (χ1v) is 14.7. The molecule has 1 aliphatic heterocycles. The second-order valence-corrected chi connectivity index (χ2v) is 13.6. The zero-order valence-electron chi connectivity index (χ0n) is 20.7. The summed E-state index contributed by atoms with van der Waals surface area (Å²) >= 11 is 1.22. The fraction of sp³-hybridized carbons (Fsp3) is 0.625. The van der Waals surface area contributed by atoms with Gasteiger partial charge in [-0.25, -0.2) is 13.4 Å². The van der Waals surface area contributed by atoms with Crippen LogP contribution >= 0.6 is 11.5 Å². The maximum atomic E-state index is 13.5. The van der Waals surface area contributed by atoms with Gasteiger partial charge in [0.15, 0.2) is 0 Å². The van der Waals surface area contributed by atoms with Gasteiger partial charge in [0.2, 0.25) is 15.2 Å². The number of rotatable bonds is 7. The molecule has 2 heterocycles. The number of sulfonamides is 1. The number of hydrogen-bond donors (Lipinski definition) is 0. The van der Waals surface area contributed by atoms with E-state index < -0.39 is 20.4 Å². The highest BCUT2D eigenvalue weighted by Crippen LogP contribution is 2.64. The summed E-state index contributed by atoms with van der Waals surface area (Å²) < 4.78 is 33.0. The van der Waals surface area contributed by atoms with Crippen LogP contribution in [0.15, 0.2) is 24.3 Å². The minimum atomic E-state index is -3.61. The lowest BCUT2D eigenvalue weighted by Crippen LogP contribution is -2.56. The molecule has 1 saturated heterocycles. The molecule has 194 valence electrons. The summed E-state index contributed by atoms with van der Waals surface area (Å²) in [5, 5.41) is 12.0. The van der Waals surface area contributed by atoms with Crippen LogP contribution in [0.4, 0.5) is 10.8 Å². The number of para-hydroxylation sites is 1. The van der Waals surface area contributed by atoms with Crippen molar-refractivity contribution in [1.82, 2.24) is 13.7 Å². The van der Waals surface area contributed by atoms with Crippen molar-refractivity contribution in [3.63, 3.8) is 0 Å². The molecule has 12 heteroatoms. The Balaban J connectivity index is 1.27. The summed E-state index contributed by atoms with van der Waals surface area (Å²) in [5.41, 5.74) is -0.473. The summed E-state index contributed by atoms with van der Waals surface area (Å²) in [7, 11) is -3.61. The van der Waals surface area contributed by atoms with Crippen LogP contribution in [0.1, 0.15) is 51.4 Å². The van der Waals surface area contributed by atoms with Crippen LogP contribution in [0.2, 0.25) is 0 Å². The number of benzene rings is 1. The van der Waals surface area contributed by atoms with Crippen LogP contribution in [0.5, 0.6) is 0 Å². The highest BCUT2D eigenvalue weighted by atomic mass is 32.2. The van der Waals surface area contributed by atoms with Gasteiger partial charge in [-0.3, -0.25) is 14.9 Å². The summed E-state index contributed by atoms with van der Waals surface area (Å²) in [6.45, 7) is 7.17. The molecule has 5 rings (SSSR count). The number of aromatic nitrogens is 2. The third-order valence-electron chi connectivity index (χ3n) is 8.79. The molecular weight excluding hydrogens is 502 g/mol. The molecule has 0 N–H and O–H groups in total. The molecule has 3 aliphatic rings. The minimum Gasteiger partial charge on any atom is -0.342 e. The van der Waals surface area contributed by atoms with Crippen LogP contribution in [0, 0.1) is 26.9 Å². The Morgan fingerprint density at radius 2 is 2.00 bits per heavy atom. The largest absolute Gasteiger partial charge is 0.342 e. The Morgan fingerprint density at radius 1 is 1.25 bits per heavy atom. The van der Waals surface area contributed by atoms with Crippen molar-refractivity contribution in [1.29, 1.82) is 0 Å². The number of piperazine rings is 1. The summed E-state index contributed by atoms with van der Waals surface area (Å²) in [5.74, 6) is 0.788. The standard InChI is InChI=1S/C24H31N5O5S2/c1-16-14-27(36(33,34)15-24-9-8-18(13-20(24)30)23(24,2)3)10-11-28(16)22-25-21(26-35-22)12-17-6-4-5-7-19(17)29(31)32/h4-7,16,18H,8-15H2,1-3H3. The molecule has 0 amide bonds. The number of nitro benzene ring substituents is 1. The maximum Gasteiger partial charge on any atom is 0.273 e. The monoisotopic (exact) mass is 533 g/mol. The average molecular weight is 534 g/mol. The Hall–Kier alpha value is -2.44. The second-order valence-electron chi connectivity index (χ2n) is 10.9. The highest BCUT2D eigenvalue weighted by Gasteiger charge is 2.65. The number of carbonyl (C=O) groups excluding carboxylic acids is 1. The molecule has 3 atom stereocenters. The lowest BCUT2D eigenvalue weighted by Gasteiger charge is -2.42. The highest BCUT2D eigenvalue weighted by molar-refractivity contribution is 7.89. The number of Topliss-reactive ketones (excluding diaryl/α,β-unsaturated/α-hetero) is 1. The summed E-state index contributed by atoms with van der Waals surface area (Å²) in [4.78, 5) is 30.4. The van der Waals surface area contributed by atoms with Gasteiger partial charge in [0.25, 0.3) is 5.69 Å². The van der Waals surface area contributed by atoms with Crippen LogP contribution in [-0.2, 0) is 21.2 Å². The van der Waals surface area contributed by atoms with E-state index in [2.05, 4.69) is 23.2 Å². The SMILES string of the molecule is CC1CN(S(=O)(=O)CC23CCC(CC2=O)C3(C)C)CCN1c1nc(Cc2ccccc2[N+](=O)[O-])ns1. The van der Waals surface area contributed by atoms with Gasteiger partial charge in [-0.1, -0.05) is 32.0 Å². The molecule has 2 aromatic rings. The first kappa shape index (κ1) is 25.2. The molecule has 36 heavy (non-hydrogen) atoms. The second kappa shape index (κ2) is 8.84. The molecule has 10 nitrogen and oxygen atoms in total. The zero-order valence-corrected chi connectivity index (χ0v) is 22.3. The molecule has 3 unspecified atom stereocenters. The number of fused-ring (bicyclic) bond motifs is 2. The van der Waals surface area contributed by atoms with E-state index in [1.165, 1.54) is 21.9 Å². The molecule has 3 fully saturated rings. The molecule has 2 aliphatic carbocycles. The maximum absolute atomic E-state index is 13.5. The third-order valence-corrected chi connectivity index (χ3v) is 11.6. The van der Waals surface area contributed by atoms with E-state index in [9.17, 15) is 23.3 Å². The van der Waals surface area contributed by atoms with E-state index >= 15 is 0 Å². The lowest BCUT2D eigenvalue weighted by atomic mass is 9.70. The first-order valence-electron chi connectivity index (χ1n) is 12.3. The molecule has 2 bridgehead atoms. The van der Waals surface area contributed by atoms with Crippen molar-refractivity contribution in [3.8, 4) is 0 Å². The van der Waals surface area contributed by atoms with E-state index in [0.29, 0.717) is 49.0 Å². The number of ketones is 1. The predicted octanol–water partition coefficient (Wildman–Crippen LogP) is 3.27. The molecule has 1 aromatic carbocycles. The van der Waals surface area contributed by atoms with Gasteiger partial charge in [0.1, 0.15) is 11.6 Å². The zero-order chi connectivity index (χ0) is 25.9.